The predicted molar refractivity (Wildman–Crippen MR) is 116 cm³/mol. The maximum atomic E-state index is 13.3. The molecule has 2 fully saturated rings. The van der Waals surface area contributed by atoms with E-state index in [4.69, 9.17) is 11.6 Å². The van der Waals surface area contributed by atoms with Crippen LogP contribution in [0, 0.1) is 6.92 Å². The number of halogens is 1. The summed E-state index contributed by atoms with van der Waals surface area (Å²) in [6, 6.07) is 5.88. The first-order chi connectivity index (χ1) is 14.5. The van der Waals surface area contributed by atoms with Gasteiger partial charge in [-0.1, -0.05) is 17.7 Å². The van der Waals surface area contributed by atoms with Gasteiger partial charge in [-0.25, -0.2) is 4.68 Å². The van der Waals surface area contributed by atoms with E-state index in [1.807, 2.05) is 41.6 Å². The summed E-state index contributed by atoms with van der Waals surface area (Å²) in [6.45, 7) is 7.53. The zero-order chi connectivity index (χ0) is 21.3. The zero-order valence-electron chi connectivity index (χ0n) is 17.5. The van der Waals surface area contributed by atoms with Crippen LogP contribution in [0.3, 0.4) is 0 Å². The zero-order valence-corrected chi connectivity index (χ0v) is 18.3. The molecule has 0 unspecified atom stereocenters. The van der Waals surface area contributed by atoms with Gasteiger partial charge in [-0.2, -0.15) is 5.10 Å². The number of aromatic nitrogens is 2. The van der Waals surface area contributed by atoms with Gasteiger partial charge >= 0.3 is 0 Å². The second kappa shape index (κ2) is 8.78. The standard InChI is InChI=1S/C22H28ClN5O2/c1-3-24-20(29)14-26-8-10-27(11-9-26)22(30)18-13-25-28(21(18)16-5-6-16)17-7-4-15(2)19(23)12-17/h4,7,12-13,16H,3,5-6,8-11,14H2,1-2H3,(H,24,29). The molecular formula is C22H28ClN5O2. The second-order valence-corrected chi connectivity index (χ2v) is 8.49. The van der Waals surface area contributed by atoms with Gasteiger partial charge in [-0.05, 0) is 44.4 Å². The lowest BCUT2D eigenvalue weighted by Gasteiger charge is -2.34. The third-order valence-electron chi connectivity index (χ3n) is 5.80. The van der Waals surface area contributed by atoms with E-state index < -0.39 is 0 Å². The molecule has 1 N–H and O–H groups in total. The molecule has 0 atom stereocenters. The van der Waals surface area contributed by atoms with Crippen LogP contribution in [-0.4, -0.2) is 70.7 Å². The first-order valence-electron chi connectivity index (χ1n) is 10.6. The molecule has 2 aromatic rings. The Hall–Kier alpha value is -2.38. The number of piperazine rings is 1. The van der Waals surface area contributed by atoms with Crippen molar-refractivity contribution in [3.05, 3.63) is 46.2 Å². The Morgan fingerprint density at radius 1 is 1.20 bits per heavy atom. The molecule has 0 spiro atoms. The van der Waals surface area contributed by atoms with Crippen LogP contribution in [0.25, 0.3) is 5.69 Å². The van der Waals surface area contributed by atoms with Crippen molar-refractivity contribution in [1.29, 1.82) is 0 Å². The van der Waals surface area contributed by atoms with Gasteiger partial charge in [0.15, 0.2) is 0 Å². The monoisotopic (exact) mass is 429 g/mol. The largest absolute Gasteiger partial charge is 0.355 e. The molecule has 1 aromatic carbocycles. The highest BCUT2D eigenvalue weighted by molar-refractivity contribution is 6.31. The smallest absolute Gasteiger partial charge is 0.257 e. The quantitative estimate of drug-likeness (QED) is 0.766. The second-order valence-electron chi connectivity index (χ2n) is 8.08. The number of hydrogen-bond acceptors (Lipinski definition) is 4. The molecule has 1 aliphatic heterocycles. The van der Waals surface area contributed by atoms with Gasteiger partial charge in [0.05, 0.1) is 29.7 Å². The predicted octanol–water partition coefficient (Wildman–Crippen LogP) is 2.61. The minimum absolute atomic E-state index is 0.0269. The Balaban J connectivity index is 1.49. The lowest BCUT2D eigenvalue weighted by molar-refractivity contribution is -0.122. The van der Waals surface area contributed by atoms with Gasteiger partial charge < -0.3 is 10.2 Å². The average Bonchev–Trinajstić information content (AvgIpc) is 3.48. The summed E-state index contributed by atoms with van der Waals surface area (Å²) in [5.41, 5.74) is 3.58. The van der Waals surface area contributed by atoms with Crippen molar-refractivity contribution in [2.75, 3.05) is 39.3 Å². The number of nitrogens with zero attached hydrogens (tertiary/aromatic N) is 4. The first kappa shape index (κ1) is 20.9. The molecule has 1 aliphatic carbocycles. The number of rotatable bonds is 6. The molecule has 1 saturated carbocycles. The Kier molecular flexibility index (Phi) is 6.11. The van der Waals surface area contributed by atoms with E-state index in [1.54, 1.807) is 6.20 Å². The van der Waals surface area contributed by atoms with Crippen molar-refractivity contribution < 1.29 is 9.59 Å². The fraction of sp³-hybridized carbons (Fsp3) is 0.500. The van der Waals surface area contributed by atoms with Gasteiger partial charge in [0.1, 0.15) is 0 Å². The normalized spacial score (nSPS) is 17.2. The lowest BCUT2D eigenvalue weighted by atomic mass is 10.1. The van der Waals surface area contributed by atoms with E-state index >= 15 is 0 Å². The van der Waals surface area contributed by atoms with Gasteiger partial charge in [-0.3, -0.25) is 14.5 Å². The maximum absolute atomic E-state index is 13.3. The van der Waals surface area contributed by atoms with Crippen LogP contribution in [0.4, 0.5) is 0 Å². The number of carbonyl (C=O) groups excluding carboxylic acids is 2. The van der Waals surface area contributed by atoms with Crippen molar-refractivity contribution in [2.45, 2.75) is 32.6 Å². The number of amides is 2. The Labute approximate surface area is 182 Å². The number of benzene rings is 1. The molecule has 1 saturated heterocycles. The molecule has 2 heterocycles. The summed E-state index contributed by atoms with van der Waals surface area (Å²) in [5, 5.41) is 8.08. The highest BCUT2D eigenvalue weighted by Gasteiger charge is 2.35. The average molecular weight is 430 g/mol. The van der Waals surface area contributed by atoms with Crippen molar-refractivity contribution >= 4 is 23.4 Å². The third-order valence-corrected chi connectivity index (χ3v) is 6.21. The Bertz CT molecular complexity index is 945. The van der Waals surface area contributed by atoms with Crippen molar-refractivity contribution in [3.63, 3.8) is 0 Å². The first-order valence-corrected chi connectivity index (χ1v) is 11.0. The fourth-order valence-corrected chi connectivity index (χ4v) is 4.10. The summed E-state index contributed by atoms with van der Waals surface area (Å²) in [6.07, 6.45) is 3.85. The summed E-state index contributed by atoms with van der Waals surface area (Å²) in [5.74, 6) is 0.427. The summed E-state index contributed by atoms with van der Waals surface area (Å²) < 4.78 is 1.88. The highest BCUT2D eigenvalue weighted by atomic mass is 35.5. The topological polar surface area (TPSA) is 70.5 Å². The molecule has 2 aliphatic rings. The van der Waals surface area contributed by atoms with Gasteiger partial charge in [-0.15, -0.1) is 0 Å². The Morgan fingerprint density at radius 2 is 1.93 bits per heavy atom. The molecule has 0 radical (unpaired) electrons. The summed E-state index contributed by atoms with van der Waals surface area (Å²) >= 11 is 6.32. The molecule has 160 valence electrons. The number of hydrogen-bond donors (Lipinski definition) is 1. The van der Waals surface area contributed by atoms with Crippen LogP contribution in [0.15, 0.2) is 24.4 Å². The minimum atomic E-state index is 0.0269. The number of carbonyl (C=O) groups is 2. The van der Waals surface area contributed by atoms with E-state index in [0.29, 0.717) is 55.8 Å². The van der Waals surface area contributed by atoms with E-state index in [9.17, 15) is 9.59 Å². The molecule has 8 heteroatoms. The highest BCUT2D eigenvalue weighted by Crippen LogP contribution is 2.43. The van der Waals surface area contributed by atoms with Crippen LogP contribution in [0.5, 0.6) is 0 Å². The van der Waals surface area contributed by atoms with Crippen LogP contribution >= 0.6 is 11.6 Å². The fourth-order valence-electron chi connectivity index (χ4n) is 3.93. The van der Waals surface area contributed by atoms with Gasteiger partial charge in [0, 0.05) is 43.7 Å². The van der Waals surface area contributed by atoms with Crippen molar-refractivity contribution in [2.24, 2.45) is 0 Å². The van der Waals surface area contributed by atoms with Crippen LogP contribution in [0.1, 0.15) is 47.3 Å². The number of likely N-dealkylation sites (N-methyl/N-ethyl adjacent to an activating group) is 1. The van der Waals surface area contributed by atoms with Crippen LogP contribution in [0.2, 0.25) is 5.02 Å². The summed E-state index contributed by atoms with van der Waals surface area (Å²) in [7, 11) is 0. The molecule has 1 aromatic heterocycles. The van der Waals surface area contributed by atoms with Crippen molar-refractivity contribution in [1.82, 2.24) is 24.9 Å². The van der Waals surface area contributed by atoms with E-state index in [-0.39, 0.29) is 11.8 Å². The molecule has 0 bridgehead atoms. The lowest BCUT2D eigenvalue weighted by Crippen LogP contribution is -2.51. The molecule has 4 rings (SSSR count). The molecule has 30 heavy (non-hydrogen) atoms. The maximum Gasteiger partial charge on any atom is 0.257 e. The van der Waals surface area contributed by atoms with E-state index in [0.717, 1.165) is 29.8 Å². The van der Waals surface area contributed by atoms with Crippen molar-refractivity contribution in [3.8, 4) is 5.69 Å². The van der Waals surface area contributed by atoms with Crippen LogP contribution in [-0.2, 0) is 4.79 Å². The van der Waals surface area contributed by atoms with Gasteiger partial charge in [0.2, 0.25) is 5.91 Å². The molecular weight excluding hydrogens is 402 g/mol. The SMILES string of the molecule is CCNC(=O)CN1CCN(C(=O)c2cnn(-c3ccc(C)c(Cl)c3)c2C2CC2)CC1. The number of aryl methyl sites for hydroxylation is 1. The molecule has 7 nitrogen and oxygen atoms in total. The Morgan fingerprint density at radius 3 is 2.57 bits per heavy atom. The van der Waals surface area contributed by atoms with E-state index in [2.05, 4.69) is 15.3 Å². The van der Waals surface area contributed by atoms with E-state index in [1.165, 1.54) is 0 Å². The third kappa shape index (κ3) is 4.37. The summed E-state index contributed by atoms with van der Waals surface area (Å²) in [4.78, 5) is 29.1. The van der Waals surface area contributed by atoms with Gasteiger partial charge in [0.25, 0.3) is 5.91 Å². The van der Waals surface area contributed by atoms with Crippen LogP contribution < -0.4 is 5.32 Å². The molecule has 2 amide bonds. The minimum Gasteiger partial charge on any atom is -0.355 e. The number of nitrogens with one attached hydrogen (secondary N) is 1.